The van der Waals surface area contributed by atoms with Crippen LogP contribution in [-0.2, 0) is 0 Å². The highest BCUT2D eigenvalue weighted by Crippen LogP contribution is 2.18. The van der Waals surface area contributed by atoms with Crippen molar-refractivity contribution in [3.05, 3.63) is 90.5 Å². The molecule has 3 aromatic carbocycles. The number of phenolic OH excluding ortho intramolecular Hbond substituents is 1. The standard InChI is InChI=1S/C13H12.C8H8O/c1-3-11-5-7-12-8-10(2)4-6-13(12)9-11;1-2-7-3-5-8(9)6-4-7/h3-9H,1H2,2H3;2-6,9H,1H2. The third-order valence-electron chi connectivity index (χ3n) is 3.38. The van der Waals surface area contributed by atoms with E-state index in [1.165, 1.54) is 21.9 Å². The van der Waals surface area contributed by atoms with E-state index in [1.54, 1.807) is 18.2 Å². The molecule has 0 atom stereocenters. The van der Waals surface area contributed by atoms with Crippen LogP contribution < -0.4 is 0 Å². The molecule has 0 aliphatic rings. The fourth-order valence-electron chi connectivity index (χ4n) is 2.12. The summed E-state index contributed by atoms with van der Waals surface area (Å²) in [5, 5.41) is 11.4. The number of hydrogen-bond acceptors (Lipinski definition) is 1. The lowest BCUT2D eigenvalue weighted by atomic mass is 10.1. The second kappa shape index (κ2) is 7.28. The van der Waals surface area contributed by atoms with Crippen molar-refractivity contribution in [2.24, 2.45) is 0 Å². The van der Waals surface area contributed by atoms with E-state index >= 15 is 0 Å². The van der Waals surface area contributed by atoms with Gasteiger partial charge in [0.25, 0.3) is 0 Å². The van der Waals surface area contributed by atoms with Gasteiger partial charge in [-0.15, -0.1) is 0 Å². The smallest absolute Gasteiger partial charge is 0.115 e. The normalized spacial score (nSPS) is 9.68. The SMILES string of the molecule is C=Cc1ccc(O)cc1.C=Cc1ccc2cc(C)ccc2c1. The molecule has 0 heterocycles. The number of rotatable bonds is 2. The van der Waals surface area contributed by atoms with Gasteiger partial charge in [-0.05, 0) is 47.0 Å². The molecular weight excluding hydrogens is 268 g/mol. The zero-order valence-corrected chi connectivity index (χ0v) is 12.8. The highest BCUT2D eigenvalue weighted by Gasteiger charge is 1.93. The Morgan fingerprint density at radius 2 is 1.27 bits per heavy atom. The maximum Gasteiger partial charge on any atom is 0.115 e. The molecule has 3 aromatic rings. The first-order valence-electron chi connectivity index (χ1n) is 7.16. The summed E-state index contributed by atoms with van der Waals surface area (Å²) in [6.45, 7) is 9.45. The van der Waals surface area contributed by atoms with Crippen LogP contribution in [0.2, 0.25) is 0 Å². The Morgan fingerprint density at radius 3 is 1.91 bits per heavy atom. The van der Waals surface area contributed by atoms with Crippen LogP contribution in [0.5, 0.6) is 5.75 Å². The summed E-state index contributed by atoms with van der Waals surface area (Å²) in [5.74, 6) is 0.292. The molecule has 1 N–H and O–H groups in total. The van der Waals surface area contributed by atoms with Gasteiger partial charge in [-0.3, -0.25) is 0 Å². The van der Waals surface area contributed by atoms with Gasteiger partial charge >= 0.3 is 0 Å². The van der Waals surface area contributed by atoms with Gasteiger partial charge in [-0.25, -0.2) is 0 Å². The van der Waals surface area contributed by atoms with Crippen molar-refractivity contribution in [2.75, 3.05) is 0 Å². The molecule has 0 unspecified atom stereocenters. The lowest BCUT2D eigenvalue weighted by molar-refractivity contribution is 0.475. The average Bonchev–Trinajstić information content (AvgIpc) is 2.55. The number of phenols is 1. The van der Waals surface area contributed by atoms with Crippen LogP contribution in [-0.4, -0.2) is 5.11 Å². The number of hydrogen-bond donors (Lipinski definition) is 1. The molecule has 0 saturated heterocycles. The molecule has 0 bridgehead atoms. The lowest BCUT2D eigenvalue weighted by Crippen LogP contribution is -1.76. The molecule has 0 aliphatic heterocycles. The summed E-state index contributed by atoms with van der Waals surface area (Å²) >= 11 is 0. The molecule has 1 heteroatoms. The van der Waals surface area contributed by atoms with Gasteiger partial charge in [0.05, 0.1) is 0 Å². The van der Waals surface area contributed by atoms with E-state index in [2.05, 4.69) is 56.5 Å². The number of fused-ring (bicyclic) bond motifs is 1. The Labute approximate surface area is 131 Å². The maximum absolute atomic E-state index is 8.82. The predicted molar refractivity (Wildman–Crippen MR) is 97.0 cm³/mol. The van der Waals surface area contributed by atoms with E-state index in [0.717, 1.165) is 5.56 Å². The van der Waals surface area contributed by atoms with Crippen molar-refractivity contribution in [3.8, 4) is 5.75 Å². The van der Waals surface area contributed by atoms with Crippen LogP contribution in [0.1, 0.15) is 16.7 Å². The van der Waals surface area contributed by atoms with Crippen molar-refractivity contribution >= 4 is 22.9 Å². The van der Waals surface area contributed by atoms with E-state index in [4.69, 9.17) is 5.11 Å². The maximum atomic E-state index is 8.82. The first-order valence-corrected chi connectivity index (χ1v) is 7.16. The van der Waals surface area contributed by atoms with Crippen molar-refractivity contribution in [1.29, 1.82) is 0 Å². The minimum absolute atomic E-state index is 0.292. The van der Waals surface area contributed by atoms with Crippen molar-refractivity contribution < 1.29 is 5.11 Å². The van der Waals surface area contributed by atoms with Crippen LogP contribution in [0.4, 0.5) is 0 Å². The summed E-state index contributed by atoms with van der Waals surface area (Å²) in [6.07, 6.45) is 3.61. The Balaban J connectivity index is 0.000000172. The summed E-state index contributed by atoms with van der Waals surface area (Å²) in [4.78, 5) is 0. The Bertz CT molecular complexity index is 783. The second-order valence-electron chi connectivity index (χ2n) is 5.11. The zero-order valence-electron chi connectivity index (χ0n) is 12.8. The van der Waals surface area contributed by atoms with Crippen molar-refractivity contribution in [2.45, 2.75) is 6.92 Å². The lowest BCUT2D eigenvalue weighted by Gasteiger charge is -2.00. The molecule has 0 spiro atoms. The van der Waals surface area contributed by atoms with E-state index in [9.17, 15) is 0 Å². The van der Waals surface area contributed by atoms with Gasteiger partial charge in [-0.2, -0.15) is 0 Å². The molecule has 22 heavy (non-hydrogen) atoms. The fourth-order valence-corrected chi connectivity index (χ4v) is 2.12. The summed E-state index contributed by atoms with van der Waals surface area (Å²) in [7, 11) is 0. The monoisotopic (exact) mass is 288 g/mol. The minimum atomic E-state index is 0.292. The molecule has 0 aromatic heterocycles. The molecule has 0 saturated carbocycles. The van der Waals surface area contributed by atoms with E-state index < -0.39 is 0 Å². The zero-order chi connectivity index (χ0) is 15.9. The van der Waals surface area contributed by atoms with Gasteiger partial charge in [0.1, 0.15) is 5.75 Å². The van der Waals surface area contributed by atoms with Gasteiger partial charge in [0, 0.05) is 0 Å². The third-order valence-corrected chi connectivity index (χ3v) is 3.38. The second-order valence-corrected chi connectivity index (χ2v) is 5.11. The molecule has 0 aliphatic carbocycles. The largest absolute Gasteiger partial charge is 0.508 e. The Hall–Kier alpha value is -2.80. The number of benzene rings is 3. The molecule has 3 rings (SSSR count). The summed E-state index contributed by atoms with van der Waals surface area (Å²) in [5.41, 5.74) is 3.50. The quantitative estimate of drug-likeness (QED) is 0.629. The third kappa shape index (κ3) is 4.10. The van der Waals surface area contributed by atoms with Crippen LogP contribution in [0.3, 0.4) is 0 Å². The fraction of sp³-hybridized carbons (Fsp3) is 0.0476. The van der Waals surface area contributed by atoms with Gasteiger partial charge in [-0.1, -0.05) is 73.3 Å². The van der Waals surface area contributed by atoms with Crippen LogP contribution in [0, 0.1) is 6.92 Å². The summed E-state index contributed by atoms with van der Waals surface area (Å²) < 4.78 is 0. The number of aromatic hydroxyl groups is 1. The molecule has 110 valence electrons. The summed E-state index contributed by atoms with van der Waals surface area (Å²) in [6, 6.07) is 19.8. The predicted octanol–water partition coefficient (Wildman–Crippen LogP) is 5.83. The minimum Gasteiger partial charge on any atom is -0.508 e. The van der Waals surface area contributed by atoms with E-state index in [-0.39, 0.29) is 0 Å². The molecule has 0 radical (unpaired) electrons. The van der Waals surface area contributed by atoms with Crippen LogP contribution in [0.15, 0.2) is 73.8 Å². The average molecular weight is 288 g/mol. The van der Waals surface area contributed by atoms with Gasteiger partial charge < -0.3 is 5.11 Å². The first kappa shape index (κ1) is 15.6. The van der Waals surface area contributed by atoms with Crippen molar-refractivity contribution in [3.63, 3.8) is 0 Å². The highest BCUT2D eigenvalue weighted by molar-refractivity contribution is 5.85. The Kier molecular flexibility index (Phi) is 5.16. The molecule has 0 fully saturated rings. The molecular formula is C21H20O. The van der Waals surface area contributed by atoms with E-state index in [0.29, 0.717) is 5.75 Å². The Morgan fingerprint density at radius 1 is 0.727 bits per heavy atom. The van der Waals surface area contributed by atoms with Crippen LogP contribution >= 0.6 is 0 Å². The highest BCUT2D eigenvalue weighted by atomic mass is 16.3. The molecule has 0 amide bonds. The van der Waals surface area contributed by atoms with Gasteiger partial charge in [0.15, 0.2) is 0 Å². The van der Waals surface area contributed by atoms with Crippen LogP contribution in [0.25, 0.3) is 22.9 Å². The topological polar surface area (TPSA) is 20.2 Å². The van der Waals surface area contributed by atoms with E-state index in [1.807, 2.05) is 18.2 Å². The van der Waals surface area contributed by atoms with Crippen molar-refractivity contribution in [1.82, 2.24) is 0 Å². The first-order chi connectivity index (χ1) is 10.6. The van der Waals surface area contributed by atoms with Gasteiger partial charge in [0.2, 0.25) is 0 Å². The number of aryl methyl sites for hydroxylation is 1. The molecule has 1 nitrogen and oxygen atoms in total.